The van der Waals surface area contributed by atoms with Crippen LogP contribution in [0, 0.1) is 48.7 Å². The Morgan fingerprint density at radius 1 is 0.145 bits per heavy atom. The van der Waals surface area contributed by atoms with E-state index in [4.69, 9.17) is 71.1 Å². The molecule has 5 atom stereocenters. The Bertz CT molecular complexity index is 2660. The average molecular weight is 1980 g/mol. The lowest BCUT2D eigenvalue weighted by atomic mass is 9.80. The van der Waals surface area contributed by atoms with Gasteiger partial charge >= 0.3 is 0 Å². The van der Waals surface area contributed by atoms with Crippen LogP contribution in [0.1, 0.15) is 577 Å². The van der Waals surface area contributed by atoms with Gasteiger partial charge < -0.3 is 71.1 Å². The summed E-state index contributed by atoms with van der Waals surface area (Å²) >= 11 is 0. The summed E-state index contributed by atoms with van der Waals surface area (Å²) in [5.74, 6) is 0. The van der Waals surface area contributed by atoms with Gasteiger partial charge in [-0.05, 0) is 431 Å². The van der Waals surface area contributed by atoms with Crippen LogP contribution >= 0.6 is 0 Å². The van der Waals surface area contributed by atoms with E-state index in [-0.39, 0.29) is 147 Å². The maximum absolute atomic E-state index is 6.42. The van der Waals surface area contributed by atoms with Crippen LogP contribution < -0.4 is 0 Å². The summed E-state index contributed by atoms with van der Waals surface area (Å²) in [5.41, 5.74) is 0.354. The standard InChI is InChI=1S/C17H36O2.C16H34O2.C15H32O3.3C15H32O2.2C15H32O/c1-11-17(12-14(2,3)4,19-16(8,9)10)13-18-15(5,6)7;1-13(2,3)11-16(10,18-15(7,8)9)12-17-14(4,5)6;1-13(2,3)16-10-12(18-15(7,8)9)11-17-14(4,5)6;3*1-13(2,3)10-12(17-15(7,8)9)11-16-14(4,5)6;2*1-13(2,3)10-12(11-14(4,5)6)16-15(7,8)9/h11-13H2,1-10H3;11-12H2,1-10H3;12H,10-11H2,1-9H3;3*12H,10-11H2,1-9H3;2*12H,10-11H2,1-9H3. The quantitative estimate of drug-likeness (QED) is 0.0631. The third-order valence-electron chi connectivity index (χ3n) is 17.6. The van der Waals surface area contributed by atoms with Gasteiger partial charge in [0.15, 0.2) is 0 Å². The van der Waals surface area contributed by atoms with Crippen LogP contribution in [-0.2, 0) is 71.1 Å². The SMILES string of the molecule is CC(C)(C)CC(C)(COC(C)(C)C)OC(C)(C)C.CC(C)(C)CC(CC(C)(C)C)OC(C)(C)C.CC(C)(C)CC(CC(C)(C)C)OC(C)(C)C.CC(C)(C)CC(COC(C)(C)C)OC(C)(C)C.CC(C)(C)CC(COC(C)(C)C)OC(C)(C)C.CC(C)(C)CC(COC(C)(C)C)OC(C)(C)C.CC(C)(C)OCC(COC(C)(C)C)OC(C)(C)C.CCC(COC(C)(C)C)(CC(C)(C)C)OC(C)(C)C. The average Bonchev–Trinajstić information content (AvgIpc) is 0.824. The first kappa shape index (κ1) is 153. The summed E-state index contributed by atoms with van der Waals surface area (Å²) in [6.45, 7) is 164. The summed E-state index contributed by atoms with van der Waals surface area (Å²) in [5, 5.41) is 0. The van der Waals surface area contributed by atoms with Gasteiger partial charge in [-0.2, -0.15) is 0 Å². The van der Waals surface area contributed by atoms with E-state index in [0.29, 0.717) is 80.1 Å². The van der Waals surface area contributed by atoms with Gasteiger partial charge in [-0.1, -0.05) is 194 Å². The zero-order valence-corrected chi connectivity index (χ0v) is 109. The summed E-state index contributed by atoms with van der Waals surface area (Å²) in [4.78, 5) is 0. The maximum Gasteiger partial charge on any atom is 0.105 e. The molecule has 0 aliphatic carbocycles. The van der Waals surface area contributed by atoms with Crippen LogP contribution in [0.5, 0.6) is 0 Å². The molecule has 0 heterocycles. The molecule has 0 saturated heterocycles. The van der Waals surface area contributed by atoms with Crippen molar-refractivity contribution in [1.29, 1.82) is 0 Å². The van der Waals surface area contributed by atoms with Gasteiger partial charge in [0.25, 0.3) is 0 Å². The minimum Gasteiger partial charge on any atom is -0.373 e. The Kier molecular flexibility index (Phi) is 65.6. The highest BCUT2D eigenvalue weighted by Crippen LogP contribution is 2.41. The molecule has 0 bridgehead atoms. The van der Waals surface area contributed by atoms with Gasteiger partial charge in [-0.3, -0.25) is 0 Å². The lowest BCUT2D eigenvalue weighted by Crippen LogP contribution is -2.47. The van der Waals surface area contributed by atoms with Crippen LogP contribution in [0.4, 0.5) is 0 Å². The van der Waals surface area contributed by atoms with Gasteiger partial charge in [0.05, 0.1) is 172 Å². The van der Waals surface area contributed by atoms with Crippen molar-refractivity contribution in [3.8, 4) is 0 Å². The molecule has 138 heavy (non-hydrogen) atoms. The molecule has 0 aliphatic heterocycles. The predicted octanol–water partition coefficient (Wildman–Crippen LogP) is 37.2. The summed E-state index contributed by atoms with van der Waals surface area (Å²) in [7, 11) is 0. The first-order valence-electron chi connectivity index (χ1n) is 54.0. The van der Waals surface area contributed by atoms with E-state index in [1.54, 1.807) is 0 Å². The van der Waals surface area contributed by atoms with E-state index < -0.39 is 0 Å². The third-order valence-corrected chi connectivity index (χ3v) is 17.6. The van der Waals surface area contributed by atoms with Gasteiger partial charge in [0, 0.05) is 0 Å². The summed E-state index contributed by atoms with van der Waals surface area (Å²) in [6.07, 6.45) is 11.7. The Hall–Kier alpha value is -0.600. The Balaban J connectivity index is -0.000000233. The van der Waals surface area contributed by atoms with Gasteiger partial charge in [0.1, 0.15) is 6.10 Å². The van der Waals surface area contributed by atoms with Gasteiger partial charge in [-0.25, -0.2) is 0 Å². The van der Waals surface area contributed by atoms with Crippen molar-refractivity contribution in [2.75, 3.05) is 46.2 Å². The predicted molar refractivity (Wildman–Crippen MR) is 607 cm³/mol. The molecule has 844 valence electrons. The molecular formula is C123H262O15. The van der Waals surface area contributed by atoms with E-state index in [2.05, 4.69) is 450 Å². The Morgan fingerprint density at radius 3 is 0.457 bits per heavy atom. The van der Waals surface area contributed by atoms with E-state index in [0.717, 1.165) is 64.2 Å². The summed E-state index contributed by atoms with van der Waals surface area (Å²) in [6, 6.07) is 0. The number of rotatable bonds is 32. The molecule has 0 radical (unpaired) electrons. The number of ether oxygens (including phenoxy) is 15. The normalized spacial score (nSPS) is 15.9. The van der Waals surface area contributed by atoms with Crippen molar-refractivity contribution in [1.82, 2.24) is 0 Å². The molecule has 0 aromatic rings. The zero-order valence-electron chi connectivity index (χ0n) is 109. The Labute approximate surface area is 869 Å². The van der Waals surface area contributed by atoms with E-state index >= 15 is 0 Å². The van der Waals surface area contributed by atoms with Crippen molar-refractivity contribution >= 4 is 0 Å². The van der Waals surface area contributed by atoms with Crippen LogP contribution in [0.2, 0.25) is 0 Å². The monoisotopic (exact) mass is 1980 g/mol. The number of hydrogen-bond acceptors (Lipinski definition) is 15. The molecule has 15 nitrogen and oxygen atoms in total. The molecule has 0 fully saturated rings. The fraction of sp³-hybridized carbons (Fsp3) is 1.00. The summed E-state index contributed by atoms with van der Waals surface area (Å²) < 4.78 is 90.5. The first-order valence-corrected chi connectivity index (χ1v) is 54.0. The fourth-order valence-corrected chi connectivity index (χ4v) is 15.1. The molecule has 0 rings (SSSR count). The lowest BCUT2D eigenvalue weighted by Gasteiger charge is -2.43. The third kappa shape index (κ3) is 133. The highest BCUT2D eigenvalue weighted by molar-refractivity contribution is 4.91. The minimum atomic E-state index is -0.246. The van der Waals surface area contributed by atoms with Crippen molar-refractivity contribution in [3.05, 3.63) is 0 Å². The first-order chi connectivity index (χ1) is 59.0. The highest BCUT2D eigenvalue weighted by Gasteiger charge is 2.42. The number of hydrogen-bond donors (Lipinski definition) is 0. The molecule has 0 aromatic heterocycles. The molecular weight excluding hydrogens is 1720 g/mol. The second-order valence-corrected chi connectivity index (χ2v) is 66.3. The molecule has 0 aromatic carbocycles. The molecule has 15 heteroatoms. The molecule has 0 amide bonds. The highest BCUT2D eigenvalue weighted by atomic mass is 16.6. The maximum atomic E-state index is 6.42. The van der Waals surface area contributed by atoms with Crippen LogP contribution in [0.25, 0.3) is 0 Å². The molecule has 5 unspecified atom stereocenters. The largest absolute Gasteiger partial charge is 0.373 e. The fourth-order valence-electron chi connectivity index (χ4n) is 15.1. The van der Waals surface area contributed by atoms with E-state index in [1.807, 2.05) is 62.3 Å². The Morgan fingerprint density at radius 2 is 0.304 bits per heavy atom. The van der Waals surface area contributed by atoms with Gasteiger partial charge in [0.2, 0.25) is 0 Å². The molecule has 0 saturated carbocycles. The zero-order chi connectivity index (χ0) is 113. The second kappa shape index (κ2) is 59.3. The lowest BCUT2D eigenvalue weighted by molar-refractivity contribution is -0.194. The minimum absolute atomic E-state index is 0.0385. The van der Waals surface area contributed by atoms with Crippen molar-refractivity contribution in [2.24, 2.45) is 48.7 Å². The van der Waals surface area contributed by atoms with E-state index in [9.17, 15) is 0 Å². The van der Waals surface area contributed by atoms with Crippen molar-refractivity contribution < 1.29 is 71.1 Å². The van der Waals surface area contributed by atoms with Crippen LogP contribution in [-0.4, -0.2) is 178 Å². The van der Waals surface area contributed by atoms with Gasteiger partial charge in [-0.15, -0.1) is 0 Å². The smallest absolute Gasteiger partial charge is 0.105 e. The van der Waals surface area contributed by atoms with Crippen molar-refractivity contribution in [2.45, 2.75) is 708 Å². The molecule has 0 N–H and O–H groups in total. The topological polar surface area (TPSA) is 138 Å². The second-order valence-electron chi connectivity index (χ2n) is 66.3. The van der Waals surface area contributed by atoms with E-state index in [1.165, 1.54) is 0 Å². The molecule has 0 spiro atoms. The van der Waals surface area contributed by atoms with Crippen molar-refractivity contribution in [3.63, 3.8) is 0 Å². The molecule has 0 aliphatic rings. The van der Waals surface area contributed by atoms with Crippen LogP contribution in [0.15, 0.2) is 0 Å². The van der Waals surface area contributed by atoms with Crippen LogP contribution in [0.3, 0.4) is 0 Å².